The lowest BCUT2D eigenvalue weighted by Crippen LogP contribution is -2.05. The number of aromatic nitrogens is 1. The molecule has 0 spiro atoms. The number of unbranched alkanes of at least 4 members (excludes halogenated alkanes) is 4. The van der Waals surface area contributed by atoms with E-state index in [-0.39, 0.29) is 30.3 Å². The maximum atomic E-state index is 12.6. The number of allylic oxidation sites excluding steroid dienone is 1. The van der Waals surface area contributed by atoms with Gasteiger partial charge in [-0.25, -0.2) is 4.98 Å². The van der Waals surface area contributed by atoms with Crippen LogP contribution in [0.2, 0.25) is 0 Å². The second kappa shape index (κ2) is 17.9. The molecule has 230 valence electrons. The van der Waals surface area contributed by atoms with Crippen molar-refractivity contribution in [2.45, 2.75) is 84.0 Å². The Hall–Kier alpha value is -3.97. The Bertz CT molecular complexity index is 1380. The fraction of sp³-hybridized carbons (Fsp3) is 0.417. The van der Waals surface area contributed by atoms with Crippen LogP contribution in [0, 0.1) is 0 Å². The van der Waals surface area contributed by atoms with E-state index in [4.69, 9.17) is 15.6 Å². The van der Waals surface area contributed by atoms with Gasteiger partial charge in [-0.05, 0) is 96.2 Å². The van der Waals surface area contributed by atoms with Crippen LogP contribution in [-0.2, 0) is 35.3 Å². The molecule has 0 aliphatic carbocycles. The van der Waals surface area contributed by atoms with Crippen LogP contribution in [-0.4, -0.2) is 40.5 Å². The summed E-state index contributed by atoms with van der Waals surface area (Å²) in [5.41, 5.74) is 12.0. The highest BCUT2D eigenvalue weighted by atomic mass is 16.5. The molecule has 0 saturated carbocycles. The van der Waals surface area contributed by atoms with E-state index in [2.05, 4.69) is 30.1 Å². The number of carbonyl (C=O) groups excluding carboxylic acids is 2. The van der Waals surface area contributed by atoms with Gasteiger partial charge in [0.05, 0.1) is 13.5 Å². The van der Waals surface area contributed by atoms with Gasteiger partial charge in [-0.3, -0.25) is 9.59 Å². The molecule has 3 aromatic rings. The maximum absolute atomic E-state index is 12.6. The van der Waals surface area contributed by atoms with Crippen LogP contribution in [0.15, 0.2) is 54.7 Å². The molecular weight excluding hydrogens is 540 g/mol. The molecule has 4 N–H and O–H groups in total. The fourth-order valence-corrected chi connectivity index (χ4v) is 5.19. The van der Waals surface area contributed by atoms with Crippen molar-refractivity contribution in [1.82, 2.24) is 4.98 Å². The highest BCUT2D eigenvalue weighted by molar-refractivity contribution is 6.06. The van der Waals surface area contributed by atoms with Crippen LogP contribution in [0.1, 0.15) is 91.7 Å². The lowest BCUT2D eigenvalue weighted by molar-refractivity contribution is -0.124. The van der Waals surface area contributed by atoms with Crippen LogP contribution in [0.4, 0.5) is 5.82 Å². The normalized spacial score (nSPS) is 11.2. The molecule has 0 saturated heterocycles. The van der Waals surface area contributed by atoms with Gasteiger partial charge in [0.1, 0.15) is 11.6 Å². The van der Waals surface area contributed by atoms with E-state index < -0.39 is 0 Å². The number of methoxy groups -OCH3 is 1. The Morgan fingerprint density at radius 1 is 0.930 bits per heavy atom. The van der Waals surface area contributed by atoms with Gasteiger partial charge in [-0.1, -0.05) is 62.9 Å². The minimum atomic E-state index is -0.243. The van der Waals surface area contributed by atoms with Gasteiger partial charge in [0.15, 0.2) is 17.3 Å². The topological polar surface area (TPSA) is 123 Å². The lowest BCUT2D eigenvalue weighted by Gasteiger charge is -2.14. The number of hydrogen-bond acceptors (Lipinski definition) is 7. The number of anilines is 1. The molecule has 43 heavy (non-hydrogen) atoms. The molecule has 7 nitrogen and oxygen atoms in total. The predicted molar refractivity (Wildman–Crippen MR) is 172 cm³/mol. The molecule has 0 aliphatic rings. The summed E-state index contributed by atoms with van der Waals surface area (Å²) in [7, 11) is 1.48. The number of aliphatic hydroxyl groups is 1. The van der Waals surface area contributed by atoms with Gasteiger partial charge in [0.2, 0.25) is 0 Å². The number of phenolic OH excluding ortho intramolecular Hbond substituents is 1. The number of ketones is 2. The third-order valence-corrected chi connectivity index (χ3v) is 7.60. The van der Waals surface area contributed by atoms with E-state index >= 15 is 0 Å². The number of ether oxygens (including phenoxy) is 1. The van der Waals surface area contributed by atoms with E-state index in [1.54, 1.807) is 24.4 Å². The summed E-state index contributed by atoms with van der Waals surface area (Å²) in [5.74, 6) is 0.465. The Morgan fingerprint density at radius 2 is 1.70 bits per heavy atom. The van der Waals surface area contributed by atoms with E-state index in [1.807, 2.05) is 12.1 Å². The number of aliphatic hydroxyl groups excluding tert-OH is 1. The summed E-state index contributed by atoms with van der Waals surface area (Å²) in [5, 5.41) is 19.7. The Kier molecular flexibility index (Phi) is 13.9. The quantitative estimate of drug-likeness (QED) is 0.0824. The van der Waals surface area contributed by atoms with Crippen molar-refractivity contribution in [3.05, 3.63) is 88.1 Å². The van der Waals surface area contributed by atoms with Crippen molar-refractivity contribution in [3.8, 4) is 11.5 Å². The number of phenols is 1. The van der Waals surface area contributed by atoms with Gasteiger partial charge >= 0.3 is 0 Å². The molecule has 0 aliphatic heterocycles. The first kappa shape index (κ1) is 33.5. The van der Waals surface area contributed by atoms with Gasteiger partial charge in [-0.15, -0.1) is 0 Å². The summed E-state index contributed by atoms with van der Waals surface area (Å²) >= 11 is 0. The maximum Gasteiger partial charge on any atom is 0.163 e. The smallest absolute Gasteiger partial charge is 0.163 e. The molecule has 3 rings (SSSR count). The van der Waals surface area contributed by atoms with Crippen molar-refractivity contribution in [3.63, 3.8) is 0 Å². The number of nitrogen functional groups attached to an aromatic ring is 1. The van der Waals surface area contributed by atoms with E-state index in [0.29, 0.717) is 24.4 Å². The third-order valence-electron chi connectivity index (χ3n) is 7.60. The number of aromatic hydroxyl groups is 1. The molecule has 0 fully saturated rings. The standard InChI is InChI=1S/C36H46N2O5/c1-3-4-5-6-7-13-32(40)24-33(41)17-16-28-22-35(43-2)34(42)21-30(28)20-31-25-38-36(37)23-29(31)15-14-27-11-8-10-26(19-27)12-9-18-39/h8,10-11,16-17,19,21-23,25,39,42H,3-7,9,12-15,18,20,24H2,1-2H3,(H2,37,38). The summed E-state index contributed by atoms with van der Waals surface area (Å²) in [6.07, 6.45) is 14.1. The number of nitrogens with two attached hydrogens (primary N) is 1. The number of aryl methyl sites for hydroxylation is 3. The van der Waals surface area contributed by atoms with Crippen molar-refractivity contribution < 1.29 is 24.5 Å². The Labute approximate surface area is 255 Å². The largest absolute Gasteiger partial charge is 0.504 e. The van der Waals surface area contributed by atoms with Gasteiger partial charge in [0, 0.05) is 19.2 Å². The first-order valence-electron chi connectivity index (χ1n) is 15.4. The van der Waals surface area contributed by atoms with Crippen molar-refractivity contribution in [1.29, 1.82) is 0 Å². The van der Waals surface area contributed by atoms with Gasteiger partial charge in [-0.2, -0.15) is 0 Å². The van der Waals surface area contributed by atoms with Crippen molar-refractivity contribution in [2.75, 3.05) is 19.5 Å². The first-order chi connectivity index (χ1) is 20.8. The van der Waals surface area contributed by atoms with Crippen LogP contribution in [0.3, 0.4) is 0 Å². The number of nitrogens with zero attached hydrogens (tertiary/aromatic N) is 1. The monoisotopic (exact) mass is 586 g/mol. The zero-order chi connectivity index (χ0) is 31.0. The highest BCUT2D eigenvalue weighted by Crippen LogP contribution is 2.32. The average Bonchev–Trinajstić information content (AvgIpc) is 2.99. The molecule has 1 heterocycles. The second-order valence-electron chi connectivity index (χ2n) is 11.1. The fourth-order valence-electron chi connectivity index (χ4n) is 5.19. The zero-order valence-corrected chi connectivity index (χ0v) is 25.6. The van der Waals surface area contributed by atoms with E-state index in [0.717, 1.165) is 73.6 Å². The third kappa shape index (κ3) is 11.3. The predicted octanol–water partition coefficient (Wildman–Crippen LogP) is 6.58. The molecule has 0 bridgehead atoms. The second-order valence-corrected chi connectivity index (χ2v) is 11.1. The zero-order valence-electron chi connectivity index (χ0n) is 25.6. The lowest BCUT2D eigenvalue weighted by atomic mass is 9.93. The molecule has 0 amide bonds. The molecule has 0 radical (unpaired) electrons. The van der Waals surface area contributed by atoms with Crippen LogP contribution < -0.4 is 10.5 Å². The number of hydrogen-bond donors (Lipinski definition) is 3. The Balaban J connectivity index is 1.75. The first-order valence-corrected chi connectivity index (χ1v) is 15.4. The van der Waals surface area contributed by atoms with Gasteiger partial charge in [0.25, 0.3) is 0 Å². The number of Topliss-reactive ketones (excluding diaryl/α,β-unsaturated/α-hetero) is 1. The number of pyridine rings is 1. The summed E-state index contributed by atoms with van der Waals surface area (Å²) in [6, 6.07) is 13.6. The van der Waals surface area contributed by atoms with Crippen molar-refractivity contribution >= 4 is 23.5 Å². The molecule has 0 atom stereocenters. The highest BCUT2D eigenvalue weighted by Gasteiger charge is 2.14. The molecule has 7 heteroatoms. The van der Waals surface area contributed by atoms with Gasteiger partial charge < -0.3 is 20.7 Å². The minimum absolute atomic E-state index is 0.00359. The Morgan fingerprint density at radius 3 is 2.44 bits per heavy atom. The van der Waals surface area contributed by atoms with Crippen LogP contribution in [0.25, 0.3) is 6.08 Å². The number of carbonyl (C=O) groups is 2. The summed E-state index contributed by atoms with van der Waals surface area (Å²) in [6.45, 7) is 2.33. The molecule has 2 aromatic carbocycles. The van der Waals surface area contributed by atoms with E-state index in [9.17, 15) is 14.7 Å². The SMILES string of the molecule is CCCCCCCC(=O)CC(=O)C=Cc1cc(OC)c(O)cc1Cc1cnc(N)cc1CCc1cccc(CCCO)c1. The molecule has 1 aromatic heterocycles. The van der Waals surface area contributed by atoms with Crippen LogP contribution >= 0.6 is 0 Å². The molecule has 0 unspecified atom stereocenters. The average molecular weight is 587 g/mol. The number of benzene rings is 2. The van der Waals surface area contributed by atoms with Crippen LogP contribution in [0.5, 0.6) is 11.5 Å². The van der Waals surface area contributed by atoms with Crippen molar-refractivity contribution in [2.24, 2.45) is 0 Å². The summed E-state index contributed by atoms with van der Waals surface area (Å²) < 4.78 is 5.33. The van der Waals surface area contributed by atoms with E-state index in [1.165, 1.54) is 30.7 Å². The molecular formula is C36H46N2O5. The number of rotatable bonds is 19. The summed E-state index contributed by atoms with van der Waals surface area (Å²) in [4.78, 5) is 29.3. The minimum Gasteiger partial charge on any atom is -0.504 e.